The molecular formula is C10H12O5-2. The number of aliphatic carboxylic acids is 2. The van der Waals surface area contributed by atoms with Crippen molar-refractivity contribution in [3.8, 4) is 0 Å². The van der Waals surface area contributed by atoms with E-state index in [-0.39, 0.29) is 6.42 Å². The molecule has 0 atom stereocenters. The highest BCUT2D eigenvalue weighted by atomic mass is 16.4. The van der Waals surface area contributed by atoms with E-state index in [0.29, 0.717) is 19.3 Å². The van der Waals surface area contributed by atoms with Gasteiger partial charge in [-0.1, -0.05) is 18.2 Å². The molecule has 0 spiro atoms. The summed E-state index contributed by atoms with van der Waals surface area (Å²) in [4.78, 5) is 20.1. The zero-order chi connectivity index (χ0) is 11.7. The Kier molecular flexibility index (Phi) is 6.70. The van der Waals surface area contributed by atoms with Crippen LogP contribution in [0, 0.1) is 0 Å². The summed E-state index contributed by atoms with van der Waals surface area (Å²) in [6, 6.07) is 0. The molecule has 5 heteroatoms. The fourth-order valence-electron chi connectivity index (χ4n) is 0.854. The van der Waals surface area contributed by atoms with Crippen LogP contribution in [0.4, 0.5) is 0 Å². The molecule has 0 bridgehead atoms. The van der Waals surface area contributed by atoms with E-state index < -0.39 is 17.7 Å². The molecule has 0 rings (SSSR count). The van der Waals surface area contributed by atoms with Crippen molar-refractivity contribution in [3.05, 3.63) is 24.0 Å². The van der Waals surface area contributed by atoms with E-state index in [4.69, 9.17) is 5.11 Å². The van der Waals surface area contributed by atoms with Crippen LogP contribution < -0.4 is 10.2 Å². The number of carboxylic acid groups (broad SMARTS) is 2. The zero-order valence-electron chi connectivity index (χ0n) is 8.14. The topological polar surface area (TPSA) is 100 Å². The summed E-state index contributed by atoms with van der Waals surface area (Å²) in [6.45, 7) is 0. The largest absolute Gasteiger partial charge is 0.868 e. The maximum atomic E-state index is 10.5. The van der Waals surface area contributed by atoms with Gasteiger partial charge in [-0.2, -0.15) is 0 Å². The molecular weight excluding hydrogens is 200 g/mol. The van der Waals surface area contributed by atoms with Crippen molar-refractivity contribution in [2.45, 2.75) is 25.7 Å². The second-order valence-electron chi connectivity index (χ2n) is 2.88. The van der Waals surface area contributed by atoms with Crippen molar-refractivity contribution in [2.24, 2.45) is 0 Å². The highest BCUT2D eigenvalue weighted by Crippen LogP contribution is 2.00. The first-order valence-corrected chi connectivity index (χ1v) is 4.51. The summed E-state index contributed by atoms with van der Waals surface area (Å²) in [5.74, 6) is -3.54. The SMILES string of the molecule is O=C([O-])CCCC/C=C/C=C(\[O-])C(=O)O. The summed E-state index contributed by atoms with van der Waals surface area (Å²) in [6.07, 6.45) is 5.74. The Morgan fingerprint density at radius 3 is 2.40 bits per heavy atom. The van der Waals surface area contributed by atoms with Crippen molar-refractivity contribution in [1.82, 2.24) is 0 Å². The van der Waals surface area contributed by atoms with E-state index in [1.165, 1.54) is 6.08 Å². The smallest absolute Gasteiger partial charge is 0.320 e. The summed E-state index contributed by atoms with van der Waals surface area (Å²) < 4.78 is 0. The molecule has 5 nitrogen and oxygen atoms in total. The van der Waals surface area contributed by atoms with Gasteiger partial charge < -0.3 is 20.1 Å². The fourth-order valence-corrected chi connectivity index (χ4v) is 0.854. The molecule has 0 aromatic rings. The minimum atomic E-state index is -1.49. The predicted molar refractivity (Wildman–Crippen MR) is 48.3 cm³/mol. The lowest BCUT2D eigenvalue weighted by Gasteiger charge is -2.01. The number of allylic oxidation sites excluding steroid dienone is 3. The van der Waals surface area contributed by atoms with Gasteiger partial charge in [0.25, 0.3) is 0 Å². The van der Waals surface area contributed by atoms with Crippen LogP contribution in [0.3, 0.4) is 0 Å². The van der Waals surface area contributed by atoms with Crippen molar-refractivity contribution in [3.63, 3.8) is 0 Å². The van der Waals surface area contributed by atoms with Gasteiger partial charge in [-0.15, -0.1) is 0 Å². The molecule has 1 N–H and O–H groups in total. The first-order chi connectivity index (χ1) is 7.04. The van der Waals surface area contributed by atoms with Crippen LogP contribution in [0.1, 0.15) is 25.7 Å². The molecule has 0 heterocycles. The highest BCUT2D eigenvalue weighted by Gasteiger charge is 1.89. The average molecular weight is 212 g/mol. The second kappa shape index (κ2) is 7.61. The van der Waals surface area contributed by atoms with Gasteiger partial charge in [0.1, 0.15) is 0 Å². The van der Waals surface area contributed by atoms with Crippen molar-refractivity contribution < 1.29 is 24.9 Å². The third kappa shape index (κ3) is 8.55. The van der Waals surface area contributed by atoms with Gasteiger partial charge in [-0.05, 0) is 31.4 Å². The standard InChI is InChI=1S/C10H14O5/c11-8(10(14)15)6-4-2-1-3-5-7-9(12)13/h2,4,6,11H,1,3,5,7H2,(H,12,13)(H,14,15)/p-2/b4-2+,8-6-. The van der Waals surface area contributed by atoms with Gasteiger partial charge in [0.2, 0.25) is 0 Å². The lowest BCUT2D eigenvalue weighted by Crippen LogP contribution is -2.21. The van der Waals surface area contributed by atoms with Crippen LogP contribution >= 0.6 is 0 Å². The van der Waals surface area contributed by atoms with Crippen molar-refractivity contribution >= 4 is 11.9 Å². The van der Waals surface area contributed by atoms with Crippen LogP contribution in [0.5, 0.6) is 0 Å². The molecule has 0 saturated carbocycles. The van der Waals surface area contributed by atoms with Crippen molar-refractivity contribution in [2.75, 3.05) is 0 Å². The lowest BCUT2D eigenvalue weighted by molar-refractivity contribution is -0.305. The van der Waals surface area contributed by atoms with Gasteiger partial charge >= 0.3 is 5.97 Å². The molecule has 0 amide bonds. The Hall–Kier alpha value is -1.78. The first kappa shape index (κ1) is 13.2. The monoisotopic (exact) mass is 212 g/mol. The Labute approximate surface area is 87.4 Å². The van der Waals surface area contributed by atoms with Crippen LogP contribution in [0.2, 0.25) is 0 Å². The molecule has 0 aliphatic carbocycles. The summed E-state index contributed by atoms with van der Waals surface area (Å²) in [5.41, 5.74) is 0. The van der Waals surface area contributed by atoms with Crippen LogP contribution in [0.25, 0.3) is 0 Å². The molecule has 0 unspecified atom stereocenters. The van der Waals surface area contributed by atoms with E-state index in [0.717, 1.165) is 6.08 Å². The predicted octanol–water partition coefficient (Wildman–Crippen LogP) is -0.818. The number of carbonyl (C=O) groups excluding carboxylic acids is 1. The minimum Gasteiger partial charge on any atom is -0.868 e. The Morgan fingerprint density at radius 2 is 1.87 bits per heavy atom. The summed E-state index contributed by atoms with van der Waals surface area (Å²) in [7, 11) is 0. The fraction of sp³-hybridized carbons (Fsp3) is 0.400. The summed E-state index contributed by atoms with van der Waals surface area (Å²) in [5, 5.41) is 28.7. The maximum absolute atomic E-state index is 10.5. The van der Waals surface area contributed by atoms with E-state index >= 15 is 0 Å². The highest BCUT2D eigenvalue weighted by molar-refractivity contribution is 5.83. The second-order valence-corrected chi connectivity index (χ2v) is 2.88. The molecule has 0 aliphatic heterocycles. The Morgan fingerprint density at radius 1 is 1.20 bits per heavy atom. The molecule has 0 saturated heterocycles. The zero-order valence-corrected chi connectivity index (χ0v) is 8.14. The Balaban J connectivity index is 3.59. The van der Waals surface area contributed by atoms with E-state index in [2.05, 4.69) is 0 Å². The third-order valence-electron chi connectivity index (χ3n) is 1.60. The number of hydrogen-bond donors (Lipinski definition) is 1. The average Bonchev–Trinajstić information content (AvgIpc) is 2.15. The number of rotatable bonds is 7. The van der Waals surface area contributed by atoms with E-state index in [9.17, 15) is 19.8 Å². The molecule has 0 aromatic heterocycles. The first-order valence-electron chi connectivity index (χ1n) is 4.51. The third-order valence-corrected chi connectivity index (χ3v) is 1.60. The van der Waals surface area contributed by atoms with Gasteiger partial charge in [0.15, 0.2) is 0 Å². The lowest BCUT2D eigenvalue weighted by atomic mass is 10.2. The van der Waals surface area contributed by atoms with Gasteiger partial charge in [0, 0.05) is 5.97 Å². The molecule has 84 valence electrons. The minimum absolute atomic E-state index is 0.0195. The van der Waals surface area contributed by atoms with Gasteiger partial charge in [-0.25, -0.2) is 4.79 Å². The summed E-state index contributed by atoms with van der Waals surface area (Å²) >= 11 is 0. The number of carboxylic acids is 2. The Bertz CT molecular complexity index is 278. The van der Waals surface area contributed by atoms with Crippen LogP contribution in [0.15, 0.2) is 24.0 Å². The van der Waals surface area contributed by atoms with Crippen LogP contribution in [-0.4, -0.2) is 17.0 Å². The van der Waals surface area contributed by atoms with E-state index in [1.54, 1.807) is 6.08 Å². The van der Waals surface area contributed by atoms with Gasteiger partial charge in [-0.3, -0.25) is 0 Å². The number of hydrogen-bond acceptors (Lipinski definition) is 4. The van der Waals surface area contributed by atoms with E-state index in [1.807, 2.05) is 0 Å². The normalized spacial score (nSPS) is 11.9. The maximum Gasteiger partial charge on any atom is 0.320 e. The van der Waals surface area contributed by atoms with Crippen molar-refractivity contribution in [1.29, 1.82) is 0 Å². The number of unbranched alkanes of at least 4 members (excludes halogenated alkanes) is 2. The molecule has 0 fully saturated rings. The molecule has 0 radical (unpaired) electrons. The van der Waals surface area contributed by atoms with Crippen LogP contribution in [-0.2, 0) is 9.59 Å². The molecule has 0 aliphatic rings. The molecule has 15 heavy (non-hydrogen) atoms. The van der Waals surface area contributed by atoms with Gasteiger partial charge in [0.05, 0.1) is 0 Å². The number of carbonyl (C=O) groups is 2. The molecule has 0 aromatic carbocycles. The quantitative estimate of drug-likeness (QED) is 0.257.